The van der Waals surface area contributed by atoms with Crippen molar-refractivity contribution < 1.29 is 18.7 Å². The van der Waals surface area contributed by atoms with Crippen LogP contribution < -0.4 is 10.5 Å². The number of nitrogens with zero attached hydrogens (tertiary/aromatic N) is 1. The highest BCUT2D eigenvalue weighted by atomic mass is 16.5. The zero-order valence-corrected chi connectivity index (χ0v) is 14.1. The van der Waals surface area contributed by atoms with Crippen LogP contribution in [0.3, 0.4) is 0 Å². The number of carbonyl (C=O) groups excluding carboxylic acids is 1. The minimum atomic E-state index is -0.129. The van der Waals surface area contributed by atoms with Gasteiger partial charge in [0.15, 0.2) is 5.76 Å². The van der Waals surface area contributed by atoms with Gasteiger partial charge in [-0.1, -0.05) is 0 Å². The summed E-state index contributed by atoms with van der Waals surface area (Å²) in [5.74, 6) is 1.42. The highest BCUT2D eigenvalue weighted by molar-refractivity contribution is 5.92. The van der Waals surface area contributed by atoms with E-state index in [1.54, 1.807) is 36.3 Å². The normalized spacial score (nSPS) is 20.9. The van der Waals surface area contributed by atoms with Crippen molar-refractivity contribution in [1.82, 2.24) is 4.90 Å². The number of morpholine rings is 1. The fraction of sp³-hybridized carbons (Fsp3) is 0.389. The second-order valence-corrected chi connectivity index (χ2v) is 6.08. The van der Waals surface area contributed by atoms with Gasteiger partial charge >= 0.3 is 0 Å². The lowest BCUT2D eigenvalue weighted by Gasteiger charge is -2.34. The molecule has 0 radical (unpaired) electrons. The number of amides is 1. The maximum absolute atomic E-state index is 12.6. The minimum absolute atomic E-state index is 0.0179. The van der Waals surface area contributed by atoms with Crippen LogP contribution in [-0.4, -0.2) is 43.2 Å². The summed E-state index contributed by atoms with van der Waals surface area (Å²) in [5.41, 5.74) is 7.31. The molecule has 24 heavy (non-hydrogen) atoms. The molecule has 2 N–H and O–H groups in total. The number of ether oxygens (including phenoxy) is 2. The third-order valence-corrected chi connectivity index (χ3v) is 4.05. The van der Waals surface area contributed by atoms with Crippen molar-refractivity contribution >= 4 is 11.6 Å². The van der Waals surface area contributed by atoms with Gasteiger partial charge in [-0.15, -0.1) is 0 Å². The SMILES string of the molecule is COc1ccc(-c2ccc(C(=O)N3C[C@@H](C)O[C@H](C)C3)o2)c(N)c1. The Hall–Kier alpha value is -2.47. The Morgan fingerprint density at radius 2 is 1.92 bits per heavy atom. The van der Waals surface area contributed by atoms with Crippen LogP contribution in [0.1, 0.15) is 24.4 Å². The monoisotopic (exact) mass is 330 g/mol. The molecule has 2 atom stereocenters. The molecule has 1 saturated heterocycles. The molecule has 1 fully saturated rings. The van der Waals surface area contributed by atoms with Gasteiger partial charge in [-0.25, -0.2) is 0 Å². The lowest BCUT2D eigenvalue weighted by atomic mass is 10.1. The van der Waals surface area contributed by atoms with Crippen molar-refractivity contribution in [2.45, 2.75) is 26.1 Å². The first kappa shape index (κ1) is 16.4. The molecule has 1 amide bonds. The average Bonchev–Trinajstić information content (AvgIpc) is 3.02. The van der Waals surface area contributed by atoms with Crippen molar-refractivity contribution in [2.24, 2.45) is 0 Å². The van der Waals surface area contributed by atoms with Crippen molar-refractivity contribution in [3.05, 3.63) is 36.1 Å². The maximum atomic E-state index is 12.6. The van der Waals surface area contributed by atoms with E-state index in [1.165, 1.54) is 0 Å². The largest absolute Gasteiger partial charge is 0.497 e. The average molecular weight is 330 g/mol. The zero-order valence-electron chi connectivity index (χ0n) is 14.1. The number of methoxy groups -OCH3 is 1. The lowest BCUT2D eigenvalue weighted by molar-refractivity contribution is -0.0592. The molecule has 2 aromatic rings. The Kier molecular flexibility index (Phi) is 4.49. The molecule has 0 bridgehead atoms. The van der Waals surface area contributed by atoms with Gasteiger partial charge < -0.3 is 24.5 Å². The van der Waals surface area contributed by atoms with E-state index in [0.29, 0.717) is 36.0 Å². The standard InChI is InChI=1S/C18H22N2O4/c1-11-9-20(10-12(2)23-11)18(21)17-7-6-16(24-17)14-5-4-13(22-3)8-15(14)19/h4-8,11-12H,9-10,19H2,1-3H3/t11-,12-/m1/s1. The van der Waals surface area contributed by atoms with Crippen molar-refractivity contribution in [3.8, 4) is 17.1 Å². The fourth-order valence-electron chi connectivity index (χ4n) is 2.99. The third-order valence-electron chi connectivity index (χ3n) is 4.05. The Balaban J connectivity index is 1.81. The summed E-state index contributed by atoms with van der Waals surface area (Å²) in [4.78, 5) is 14.4. The molecule has 2 heterocycles. The lowest BCUT2D eigenvalue weighted by Crippen LogP contribution is -2.48. The molecular formula is C18H22N2O4. The van der Waals surface area contributed by atoms with E-state index >= 15 is 0 Å². The predicted octanol–water partition coefficient (Wildman–Crippen LogP) is 2.79. The fourth-order valence-corrected chi connectivity index (χ4v) is 2.99. The van der Waals surface area contributed by atoms with E-state index in [0.717, 1.165) is 5.56 Å². The number of nitrogen functional groups attached to an aromatic ring is 1. The van der Waals surface area contributed by atoms with Gasteiger partial charge in [0.25, 0.3) is 5.91 Å². The molecule has 6 heteroatoms. The molecule has 3 rings (SSSR count). The summed E-state index contributed by atoms with van der Waals surface area (Å²) in [5, 5.41) is 0. The number of hydrogen-bond acceptors (Lipinski definition) is 5. The summed E-state index contributed by atoms with van der Waals surface area (Å²) in [7, 11) is 1.59. The number of furan rings is 1. The predicted molar refractivity (Wildman–Crippen MR) is 91.0 cm³/mol. The van der Waals surface area contributed by atoms with E-state index < -0.39 is 0 Å². The van der Waals surface area contributed by atoms with E-state index in [9.17, 15) is 4.79 Å². The number of benzene rings is 1. The van der Waals surface area contributed by atoms with Gasteiger partial charge in [-0.3, -0.25) is 4.79 Å². The summed E-state index contributed by atoms with van der Waals surface area (Å²) in [6, 6.07) is 8.80. The first-order chi connectivity index (χ1) is 11.5. The number of nitrogens with two attached hydrogens (primary N) is 1. The molecule has 0 aliphatic carbocycles. The van der Waals surface area contributed by atoms with Gasteiger partial charge in [0.05, 0.1) is 19.3 Å². The van der Waals surface area contributed by atoms with E-state index in [4.69, 9.17) is 19.6 Å². The molecular weight excluding hydrogens is 308 g/mol. The smallest absolute Gasteiger partial charge is 0.289 e. The number of hydrogen-bond donors (Lipinski definition) is 1. The first-order valence-corrected chi connectivity index (χ1v) is 7.96. The van der Waals surface area contributed by atoms with Gasteiger partial charge in [-0.05, 0) is 38.1 Å². The van der Waals surface area contributed by atoms with E-state index in [2.05, 4.69) is 0 Å². The highest BCUT2D eigenvalue weighted by Crippen LogP contribution is 2.31. The molecule has 0 spiro atoms. The van der Waals surface area contributed by atoms with Crippen LogP contribution in [0.4, 0.5) is 5.69 Å². The van der Waals surface area contributed by atoms with Crippen LogP contribution in [0.25, 0.3) is 11.3 Å². The third kappa shape index (κ3) is 3.23. The Morgan fingerprint density at radius 3 is 2.54 bits per heavy atom. The van der Waals surface area contributed by atoms with Crippen LogP contribution in [-0.2, 0) is 4.74 Å². The second kappa shape index (κ2) is 6.57. The summed E-state index contributed by atoms with van der Waals surface area (Å²) < 4.78 is 16.6. The van der Waals surface area contributed by atoms with Gasteiger partial charge in [-0.2, -0.15) is 0 Å². The van der Waals surface area contributed by atoms with Gasteiger partial charge in [0, 0.05) is 30.4 Å². The molecule has 1 aromatic heterocycles. The highest BCUT2D eigenvalue weighted by Gasteiger charge is 2.28. The maximum Gasteiger partial charge on any atom is 0.289 e. The van der Waals surface area contributed by atoms with Crippen molar-refractivity contribution in [3.63, 3.8) is 0 Å². The van der Waals surface area contributed by atoms with Crippen molar-refractivity contribution in [2.75, 3.05) is 25.9 Å². The zero-order chi connectivity index (χ0) is 17.3. The van der Waals surface area contributed by atoms with Gasteiger partial charge in [0.1, 0.15) is 11.5 Å². The molecule has 1 aliphatic heterocycles. The van der Waals surface area contributed by atoms with Crippen LogP contribution in [0, 0.1) is 0 Å². The summed E-state index contributed by atoms with van der Waals surface area (Å²) in [6.45, 7) is 5.04. The van der Waals surface area contributed by atoms with Crippen LogP contribution >= 0.6 is 0 Å². The first-order valence-electron chi connectivity index (χ1n) is 7.96. The molecule has 128 valence electrons. The van der Waals surface area contributed by atoms with Crippen LogP contribution in [0.5, 0.6) is 5.75 Å². The number of carbonyl (C=O) groups is 1. The summed E-state index contributed by atoms with van der Waals surface area (Å²) >= 11 is 0. The molecule has 1 aromatic carbocycles. The van der Waals surface area contributed by atoms with Crippen molar-refractivity contribution in [1.29, 1.82) is 0 Å². The Morgan fingerprint density at radius 1 is 1.21 bits per heavy atom. The molecule has 6 nitrogen and oxygen atoms in total. The van der Waals surface area contributed by atoms with E-state index in [1.807, 2.05) is 19.9 Å². The molecule has 1 aliphatic rings. The molecule has 0 unspecified atom stereocenters. The number of rotatable bonds is 3. The van der Waals surface area contributed by atoms with Gasteiger partial charge in [0.2, 0.25) is 0 Å². The van der Waals surface area contributed by atoms with E-state index in [-0.39, 0.29) is 18.1 Å². The quantitative estimate of drug-likeness (QED) is 0.876. The Bertz CT molecular complexity index is 730. The number of anilines is 1. The topological polar surface area (TPSA) is 77.9 Å². The van der Waals surface area contributed by atoms with Crippen LogP contribution in [0.15, 0.2) is 34.7 Å². The Labute approximate surface area is 141 Å². The summed E-state index contributed by atoms with van der Waals surface area (Å²) in [6.07, 6.45) is 0.0359. The second-order valence-electron chi connectivity index (χ2n) is 6.08. The van der Waals surface area contributed by atoms with Crippen LogP contribution in [0.2, 0.25) is 0 Å². The minimum Gasteiger partial charge on any atom is -0.497 e. The molecule has 0 saturated carbocycles.